The summed E-state index contributed by atoms with van der Waals surface area (Å²) in [6, 6.07) is 1.78. The van der Waals surface area contributed by atoms with E-state index in [0.717, 1.165) is 17.4 Å². The van der Waals surface area contributed by atoms with E-state index in [4.69, 9.17) is 4.74 Å². The Labute approximate surface area is 145 Å². The first-order chi connectivity index (χ1) is 11.6. The summed E-state index contributed by atoms with van der Waals surface area (Å²) < 4.78 is 7.61. The number of anilines is 1. The smallest absolute Gasteiger partial charge is 0.242 e. The second kappa shape index (κ2) is 7.42. The molecule has 1 fully saturated rings. The first kappa shape index (κ1) is 17.1. The van der Waals surface area contributed by atoms with Crippen molar-refractivity contribution in [2.45, 2.75) is 39.0 Å². The molecule has 0 saturated carbocycles. The summed E-state index contributed by atoms with van der Waals surface area (Å²) in [5.74, 6) is 0.698. The summed E-state index contributed by atoms with van der Waals surface area (Å²) in [5, 5.41) is 10.1. The molecule has 1 saturated heterocycles. The average molecular weight is 349 g/mol. The van der Waals surface area contributed by atoms with Gasteiger partial charge in [0.2, 0.25) is 5.91 Å². The fourth-order valence-electron chi connectivity index (χ4n) is 2.79. The molecule has 24 heavy (non-hydrogen) atoms. The largest absolute Gasteiger partial charge is 0.368 e. The predicted molar refractivity (Wildman–Crippen MR) is 93.1 cm³/mol. The van der Waals surface area contributed by atoms with E-state index >= 15 is 0 Å². The van der Waals surface area contributed by atoms with E-state index < -0.39 is 0 Å². The zero-order valence-electron chi connectivity index (χ0n) is 14.2. The molecule has 1 amide bonds. The Kier molecular flexibility index (Phi) is 5.27. The molecule has 7 nitrogen and oxygen atoms in total. The molecule has 0 spiro atoms. The van der Waals surface area contributed by atoms with Gasteiger partial charge >= 0.3 is 0 Å². The van der Waals surface area contributed by atoms with Gasteiger partial charge in [-0.05, 0) is 20.8 Å². The van der Waals surface area contributed by atoms with Gasteiger partial charge in [0.1, 0.15) is 16.9 Å². The number of thiazole rings is 1. The first-order valence-corrected chi connectivity index (χ1v) is 9.03. The number of rotatable bonds is 5. The lowest BCUT2D eigenvalue weighted by Crippen LogP contribution is -2.48. The molecule has 130 valence electrons. The second-order valence-electron chi connectivity index (χ2n) is 6.14. The van der Waals surface area contributed by atoms with Crippen LogP contribution in [0.1, 0.15) is 37.9 Å². The molecule has 0 aliphatic carbocycles. The van der Waals surface area contributed by atoms with Gasteiger partial charge in [-0.1, -0.05) is 0 Å². The highest BCUT2D eigenvalue weighted by Gasteiger charge is 2.30. The van der Waals surface area contributed by atoms with E-state index in [1.807, 2.05) is 36.9 Å². The van der Waals surface area contributed by atoms with E-state index in [1.54, 1.807) is 23.7 Å². The molecular weight excluding hydrogens is 326 g/mol. The van der Waals surface area contributed by atoms with Crippen molar-refractivity contribution in [3.63, 3.8) is 0 Å². The van der Waals surface area contributed by atoms with Crippen molar-refractivity contribution >= 4 is 23.1 Å². The average Bonchev–Trinajstić information content (AvgIpc) is 3.25. The van der Waals surface area contributed by atoms with Crippen LogP contribution in [-0.2, 0) is 9.53 Å². The fourth-order valence-corrected chi connectivity index (χ4v) is 3.46. The molecule has 8 heteroatoms. The summed E-state index contributed by atoms with van der Waals surface area (Å²) in [6.07, 6.45) is 3.43. The van der Waals surface area contributed by atoms with Crippen LogP contribution in [0.4, 0.5) is 5.82 Å². The Morgan fingerprint density at radius 3 is 2.96 bits per heavy atom. The third-order valence-corrected chi connectivity index (χ3v) is 5.03. The molecule has 2 atom stereocenters. The lowest BCUT2D eigenvalue weighted by atomic mass is 10.2. The van der Waals surface area contributed by atoms with E-state index in [0.29, 0.717) is 13.2 Å². The highest BCUT2D eigenvalue weighted by Crippen LogP contribution is 2.25. The summed E-state index contributed by atoms with van der Waals surface area (Å²) in [6.45, 7) is 8.01. The molecule has 0 radical (unpaired) electrons. The number of amides is 1. The minimum atomic E-state index is -0.244. The van der Waals surface area contributed by atoms with Gasteiger partial charge in [0.15, 0.2) is 0 Å². The standard InChI is InChI=1S/C16H23N5O2S/c1-11(2)21-14(4-5-18-21)19-15(22)12(3)20-7-8-23-13(10-20)16-17-6-9-24-16/h4-6,9,11-13H,7-8,10H2,1-3H3,(H,19,22)/t12-,13-/m1/s1. The molecule has 0 unspecified atom stereocenters. The van der Waals surface area contributed by atoms with Crippen molar-refractivity contribution in [2.24, 2.45) is 0 Å². The molecule has 0 aromatic carbocycles. The molecule has 2 aromatic rings. The quantitative estimate of drug-likeness (QED) is 0.897. The van der Waals surface area contributed by atoms with Gasteiger partial charge in [0.05, 0.1) is 18.8 Å². The van der Waals surface area contributed by atoms with Crippen molar-refractivity contribution < 1.29 is 9.53 Å². The Bertz CT molecular complexity index is 670. The minimum absolute atomic E-state index is 0.0304. The van der Waals surface area contributed by atoms with Crippen molar-refractivity contribution in [1.29, 1.82) is 0 Å². The van der Waals surface area contributed by atoms with Crippen LogP contribution in [0.5, 0.6) is 0 Å². The van der Waals surface area contributed by atoms with E-state index in [9.17, 15) is 4.79 Å². The van der Waals surface area contributed by atoms with E-state index in [2.05, 4.69) is 20.3 Å². The van der Waals surface area contributed by atoms with Gasteiger partial charge < -0.3 is 10.1 Å². The maximum atomic E-state index is 12.6. The summed E-state index contributed by atoms with van der Waals surface area (Å²) in [4.78, 5) is 19.1. The van der Waals surface area contributed by atoms with Crippen LogP contribution >= 0.6 is 11.3 Å². The summed E-state index contributed by atoms with van der Waals surface area (Å²) in [7, 11) is 0. The number of hydrogen-bond acceptors (Lipinski definition) is 6. The van der Waals surface area contributed by atoms with Crippen molar-refractivity contribution in [2.75, 3.05) is 25.0 Å². The third kappa shape index (κ3) is 3.66. The first-order valence-electron chi connectivity index (χ1n) is 8.15. The van der Waals surface area contributed by atoms with Gasteiger partial charge in [-0.3, -0.25) is 9.69 Å². The van der Waals surface area contributed by atoms with Gasteiger partial charge in [-0.15, -0.1) is 11.3 Å². The Morgan fingerprint density at radius 2 is 2.25 bits per heavy atom. The number of hydrogen-bond donors (Lipinski definition) is 1. The van der Waals surface area contributed by atoms with Crippen LogP contribution in [0.15, 0.2) is 23.8 Å². The van der Waals surface area contributed by atoms with Crippen LogP contribution in [0.3, 0.4) is 0 Å². The van der Waals surface area contributed by atoms with Gasteiger partial charge in [-0.2, -0.15) is 5.10 Å². The molecule has 1 N–H and O–H groups in total. The molecule has 3 rings (SSSR count). The summed E-state index contributed by atoms with van der Waals surface area (Å²) in [5.41, 5.74) is 0. The van der Waals surface area contributed by atoms with Crippen LogP contribution < -0.4 is 5.32 Å². The monoisotopic (exact) mass is 349 g/mol. The van der Waals surface area contributed by atoms with Gasteiger partial charge in [0.25, 0.3) is 0 Å². The highest BCUT2D eigenvalue weighted by atomic mass is 32.1. The fraction of sp³-hybridized carbons (Fsp3) is 0.562. The van der Waals surface area contributed by atoms with E-state index in [1.165, 1.54) is 0 Å². The lowest BCUT2D eigenvalue weighted by Gasteiger charge is -2.35. The zero-order chi connectivity index (χ0) is 17.1. The van der Waals surface area contributed by atoms with E-state index in [-0.39, 0.29) is 24.1 Å². The van der Waals surface area contributed by atoms with Crippen LogP contribution in [0.25, 0.3) is 0 Å². The Balaban J connectivity index is 1.63. The number of nitrogens with zero attached hydrogens (tertiary/aromatic N) is 4. The number of nitrogens with one attached hydrogen (secondary N) is 1. The zero-order valence-corrected chi connectivity index (χ0v) is 15.0. The maximum Gasteiger partial charge on any atom is 0.242 e. The van der Waals surface area contributed by atoms with Crippen molar-refractivity contribution in [3.05, 3.63) is 28.8 Å². The number of carbonyl (C=O) groups excluding carboxylic acids is 1. The van der Waals surface area contributed by atoms with Gasteiger partial charge in [0, 0.05) is 36.8 Å². The van der Waals surface area contributed by atoms with Crippen molar-refractivity contribution in [1.82, 2.24) is 19.7 Å². The summed E-state index contributed by atoms with van der Waals surface area (Å²) >= 11 is 1.59. The van der Waals surface area contributed by atoms with Crippen LogP contribution in [0, 0.1) is 0 Å². The molecule has 0 bridgehead atoms. The molecule has 1 aliphatic heterocycles. The van der Waals surface area contributed by atoms with Crippen LogP contribution in [-0.4, -0.2) is 51.3 Å². The number of morpholine rings is 1. The third-order valence-electron chi connectivity index (χ3n) is 4.16. The SMILES string of the molecule is CC(C)n1nccc1NC(=O)[C@@H](C)N1CCO[C@@H](c2nccs2)C1. The topological polar surface area (TPSA) is 72.3 Å². The minimum Gasteiger partial charge on any atom is -0.368 e. The van der Waals surface area contributed by atoms with Crippen molar-refractivity contribution in [3.8, 4) is 0 Å². The Morgan fingerprint density at radius 1 is 1.42 bits per heavy atom. The number of carbonyl (C=O) groups is 1. The number of ether oxygens (including phenoxy) is 1. The van der Waals surface area contributed by atoms with Gasteiger partial charge in [-0.25, -0.2) is 9.67 Å². The maximum absolute atomic E-state index is 12.6. The van der Waals surface area contributed by atoms with Crippen LogP contribution in [0.2, 0.25) is 0 Å². The highest BCUT2D eigenvalue weighted by molar-refractivity contribution is 7.09. The molecule has 3 heterocycles. The predicted octanol–water partition coefficient (Wildman–Crippen LogP) is 2.32. The molecular formula is C16H23N5O2S. The second-order valence-corrected chi connectivity index (χ2v) is 7.07. The Hall–Kier alpha value is -1.77. The normalized spacial score (nSPS) is 20.2. The lowest BCUT2D eigenvalue weighted by molar-refractivity contribution is -0.124. The molecule has 1 aliphatic rings. The molecule has 2 aromatic heterocycles. The number of aromatic nitrogens is 3.